The Balaban J connectivity index is 2.39. The lowest BCUT2D eigenvalue weighted by molar-refractivity contribution is 0.199. The van der Waals surface area contributed by atoms with E-state index in [1.165, 1.54) is 5.56 Å². The summed E-state index contributed by atoms with van der Waals surface area (Å²) in [5.74, 6) is 1.01. The molecule has 70 valence electrons. The summed E-state index contributed by atoms with van der Waals surface area (Å²) in [6.45, 7) is 4.77. The maximum absolute atomic E-state index is 5.53. The molecule has 1 aromatic rings. The van der Waals surface area contributed by atoms with Gasteiger partial charge in [0.25, 0.3) is 0 Å². The number of hydrogen-bond acceptors (Lipinski definition) is 1. The van der Waals surface area contributed by atoms with E-state index in [0.29, 0.717) is 6.61 Å². The van der Waals surface area contributed by atoms with Crippen LogP contribution in [-0.2, 0) is 11.3 Å². The van der Waals surface area contributed by atoms with E-state index in [1.54, 1.807) is 0 Å². The normalized spacial score (nSPS) is 11.4. The van der Waals surface area contributed by atoms with Crippen molar-refractivity contribution in [3.63, 3.8) is 0 Å². The predicted molar refractivity (Wildman–Crippen MR) is 55.3 cm³/mol. The lowest BCUT2D eigenvalue weighted by Crippen LogP contribution is -1.89. The lowest BCUT2D eigenvalue weighted by Gasteiger charge is -2.05. The first kappa shape index (κ1) is 9.85. The average molecular weight is 176 g/mol. The third-order valence-corrected chi connectivity index (χ3v) is 1.80. The summed E-state index contributed by atoms with van der Waals surface area (Å²) >= 11 is 0. The summed E-state index contributed by atoms with van der Waals surface area (Å²) in [6, 6.07) is 10.2. The molecule has 1 nitrogen and oxygen atoms in total. The SMILES string of the molecule is CC/C=C(\C)OCc1ccccc1. The van der Waals surface area contributed by atoms with Gasteiger partial charge >= 0.3 is 0 Å². The highest BCUT2D eigenvalue weighted by molar-refractivity contribution is 5.13. The van der Waals surface area contributed by atoms with Crippen molar-refractivity contribution in [3.05, 3.63) is 47.7 Å². The Labute approximate surface area is 80.0 Å². The molecule has 0 aromatic heterocycles. The second-order valence-electron chi connectivity index (χ2n) is 3.00. The van der Waals surface area contributed by atoms with Crippen LogP contribution in [0.5, 0.6) is 0 Å². The summed E-state index contributed by atoms with van der Waals surface area (Å²) in [4.78, 5) is 0. The van der Waals surface area contributed by atoms with Gasteiger partial charge in [-0.1, -0.05) is 37.3 Å². The highest BCUT2D eigenvalue weighted by Gasteiger charge is 1.91. The van der Waals surface area contributed by atoms with Gasteiger partial charge in [0, 0.05) is 0 Å². The van der Waals surface area contributed by atoms with Crippen LogP contribution in [-0.4, -0.2) is 0 Å². The Morgan fingerprint density at radius 3 is 2.62 bits per heavy atom. The fourth-order valence-electron chi connectivity index (χ4n) is 1.12. The maximum Gasteiger partial charge on any atom is 0.113 e. The van der Waals surface area contributed by atoms with Gasteiger partial charge in [-0.05, 0) is 25.0 Å². The van der Waals surface area contributed by atoms with Gasteiger partial charge in [-0.2, -0.15) is 0 Å². The van der Waals surface area contributed by atoms with Gasteiger partial charge in [0.1, 0.15) is 6.61 Å². The third kappa shape index (κ3) is 3.79. The van der Waals surface area contributed by atoms with E-state index in [1.807, 2.05) is 25.1 Å². The summed E-state index contributed by atoms with van der Waals surface area (Å²) < 4.78 is 5.53. The molecule has 0 N–H and O–H groups in total. The topological polar surface area (TPSA) is 9.23 Å². The molecule has 13 heavy (non-hydrogen) atoms. The Kier molecular flexibility index (Phi) is 4.10. The van der Waals surface area contributed by atoms with Gasteiger partial charge in [0.05, 0.1) is 5.76 Å². The van der Waals surface area contributed by atoms with Crippen molar-refractivity contribution in [1.82, 2.24) is 0 Å². The first-order valence-electron chi connectivity index (χ1n) is 4.66. The minimum atomic E-state index is 0.670. The second-order valence-corrected chi connectivity index (χ2v) is 3.00. The van der Waals surface area contributed by atoms with E-state index in [2.05, 4.69) is 25.1 Å². The van der Waals surface area contributed by atoms with Gasteiger partial charge in [-0.3, -0.25) is 0 Å². The van der Waals surface area contributed by atoms with Gasteiger partial charge in [0.15, 0.2) is 0 Å². The fourth-order valence-corrected chi connectivity index (χ4v) is 1.12. The Morgan fingerprint density at radius 2 is 2.00 bits per heavy atom. The largest absolute Gasteiger partial charge is 0.494 e. The standard InChI is InChI=1S/C12H16O/c1-3-7-11(2)13-10-12-8-5-4-6-9-12/h4-9H,3,10H2,1-2H3/b11-7+. The molecule has 0 atom stereocenters. The number of ether oxygens (including phenoxy) is 1. The highest BCUT2D eigenvalue weighted by atomic mass is 16.5. The summed E-state index contributed by atoms with van der Waals surface area (Å²) in [6.07, 6.45) is 3.11. The van der Waals surface area contributed by atoms with Gasteiger partial charge in [-0.25, -0.2) is 0 Å². The smallest absolute Gasteiger partial charge is 0.113 e. The fraction of sp³-hybridized carbons (Fsp3) is 0.333. The minimum absolute atomic E-state index is 0.670. The molecule has 1 heteroatoms. The zero-order valence-electron chi connectivity index (χ0n) is 8.29. The third-order valence-electron chi connectivity index (χ3n) is 1.80. The molecule has 0 aliphatic heterocycles. The van der Waals surface area contributed by atoms with Crippen molar-refractivity contribution in [2.75, 3.05) is 0 Å². The van der Waals surface area contributed by atoms with Crippen LogP contribution in [0.15, 0.2) is 42.2 Å². The van der Waals surface area contributed by atoms with E-state index in [9.17, 15) is 0 Å². The first-order chi connectivity index (χ1) is 6.33. The zero-order valence-corrected chi connectivity index (χ0v) is 8.29. The van der Waals surface area contributed by atoms with Gasteiger partial charge < -0.3 is 4.74 Å². The number of benzene rings is 1. The van der Waals surface area contributed by atoms with Crippen molar-refractivity contribution < 1.29 is 4.74 Å². The Morgan fingerprint density at radius 1 is 1.31 bits per heavy atom. The van der Waals surface area contributed by atoms with E-state index in [4.69, 9.17) is 4.74 Å². The van der Waals surface area contributed by atoms with Crippen LogP contribution in [0.2, 0.25) is 0 Å². The monoisotopic (exact) mass is 176 g/mol. The van der Waals surface area contributed by atoms with E-state index >= 15 is 0 Å². The van der Waals surface area contributed by atoms with E-state index in [0.717, 1.165) is 12.2 Å². The molecule has 0 fully saturated rings. The molecule has 0 heterocycles. The van der Waals surface area contributed by atoms with Crippen molar-refractivity contribution in [2.45, 2.75) is 26.9 Å². The first-order valence-corrected chi connectivity index (χ1v) is 4.66. The van der Waals surface area contributed by atoms with Crippen LogP contribution < -0.4 is 0 Å². The zero-order chi connectivity index (χ0) is 9.52. The maximum atomic E-state index is 5.53. The molecule has 1 aromatic carbocycles. The molecule has 0 saturated heterocycles. The van der Waals surface area contributed by atoms with Gasteiger partial charge in [0.2, 0.25) is 0 Å². The number of hydrogen-bond donors (Lipinski definition) is 0. The number of allylic oxidation sites excluding steroid dienone is 2. The molecule has 0 aliphatic carbocycles. The molecule has 0 spiro atoms. The van der Waals surface area contributed by atoms with E-state index < -0.39 is 0 Å². The summed E-state index contributed by atoms with van der Waals surface area (Å²) in [5, 5.41) is 0. The van der Waals surface area contributed by atoms with Crippen molar-refractivity contribution >= 4 is 0 Å². The molecule has 0 amide bonds. The molecule has 0 aliphatic rings. The molecule has 0 saturated carbocycles. The molecule has 0 bridgehead atoms. The van der Waals surface area contributed by atoms with Crippen LogP contribution in [0.25, 0.3) is 0 Å². The van der Waals surface area contributed by atoms with Crippen LogP contribution >= 0.6 is 0 Å². The quantitative estimate of drug-likeness (QED) is 0.638. The van der Waals surface area contributed by atoms with Crippen molar-refractivity contribution in [2.24, 2.45) is 0 Å². The highest BCUT2D eigenvalue weighted by Crippen LogP contribution is 2.05. The predicted octanol–water partition coefficient (Wildman–Crippen LogP) is 3.52. The van der Waals surface area contributed by atoms with Crippen molar-refractivity contribution in [1.29, 1.82) is 0 Å². The second kappa shape index (κ2) is 5.41. The molecule has 0 unspecified atom stereocenters. The summed E-state index contributed by atoms with van der Waals surface area (Å²) in [5.41, 5.74) is 1.21. The Bertz CT molecular complexity index is 262. The number of rotatable bonds is 4. The molecule has 0 radical (unpaired) electrons. The summed E-state index contributed by atoms with van der Waals surface area (Å²) in [7, 11) is 0. The van der Waals surface area contributed by atoms with Crippen LogP contribution in [0.3, 0.4) is 0 Å². The lowest BCUT2D eigenvalue weighted by atomic mass is 10.2. The molecular formula is C12H16O. The van der Waals surface area contributed by atoms with E-state index in [-0.39, 0.29) is 0 Å². The average Bonchev–Trinajstić information content (AvgIpc) is 2.17. The van der Waals surface area contributed by atoms with Gasteiger partial charge in [-0.15, -0.1) is 0 Å². The molecule has 1 rings (SSSR count). The van der Waals surface area contributed by atoms with Crippen molar-refractivity contribution in [3.8, 4) is 0 Å². The Hall–Kier alpha value is -1.24. The van der Waals surface area contributed by atoms with Crippen LogP contribution in [0, 0.1) is 0 Å². The van der Waals surface area contributed by atoms with Crippen LogP contribution in [0.1, 0.15) is 25.8 Å². The molecular weight excluding hydrogens is 160 g/mol. The van der Waals surface area contributed by atoms with Crippen LogP contribution in [0.4, 0.5) is 0 Å². The minimum Gasteiger partial charge on any atom is -0.494 e.